The first-order valence-corrected chi connectivity index (χ1v) is 15.6. The maximum Gasteiger partial charge on any atom is 0.322 e. The minimum atomic E-state index is -4.01. The lowest BCUT2D eigenvalue weighted by Crippen LogP contribution is -2.52. The van der Waals surface area contributed by atoms with Crippen molar-refractivity contribution < 1.29 is 27.8 Å². The van der Waals surface area contributed by atoms with E-state index < -0.39 is 28.1 Å². The van der Waals surface area contributed by atoms with Crippen molar-refractivity contribution in [2.75, 3.05) is 13.2 Å². The van der Waals surface area contributed by atoms with Crippen molar-refractivity contribution in [2.24, 2.45) is 5.92 Å². The highest BCUT2D eigenvalue weighted by atomic mass is 35.5. The molecular weight excluding hydrogens is 550 g/mol. The Balaban J connectivity index is 1.21. The minimum Gasteiger partial charge on any atom is -0.493 e. The van der Waals surface area contributed by atoms with E-state index in [-0.39, 0.29) is 17.9 Å². The Kier molecular flexibility index (Phi) is 8.98. The Hall–Kier alpha value is -3.07. The molecule has 0 aromatic heterocycles. The van der Waals surface area contributed by atoms with Gasteiger partial charge in [0, 0.05) is 18.0 Å². The number of piperidine rings is 1. The molecule has 40 heavy (non-hydrogen) atoms. The third kappa shape index (κ3) is 6.79. The van der Waals surface area contributed by atoms with Gasteiger partial charge in [0.25, 0.3) is 0 Å². The topological polar surface area (TPSA) is 93.1 Å². The fourth-order valence-electron chi connectivity index (χ4n) is 5.50. The predicted molar refractivity (Wildman–Crippen MR) is 154 cm³/mol. The fraction of sp³-hybridized carbons (Fsp3) is 0.387. The number of hydrogen-bond acceptors (Lipinski definition) is 5. The van der Waals surface area contributed by atoms with E-state index in [1.54, 1.807) is 12.1 Å². The highest BCUT2D eigenvalue weighted by Gasteiger charge is 2.41. The number of ether oxygens (including phenoxy) is 2. The van der Waals surface area contributed by atoms with Gasteiger partial charge < -0.3 is 14.6 Å². The number of carboxylic acids is 1. The molecule has 5 rings (SSSR count). The quantitative estimate of drug-likeness (QED) is 0.303. The van der Waals surface area contributed by atoms with Gasteiger partial charge in [-0.05, 0) is 84.8 Å². The molecule has 1 saturated carbocycles. The van der Waals surface area contributed by atoms with Gasteiger partial charge in [-0.1, -0.05) is 55.1 Å². The Morgan fingerprint density at radius 1 is 0.850 bits per heavy atom. The van der Waals surface area contributed by atoms with E-state index in [4.69, 9.17) is 21.1 Å². The summed E-state index contributed by atoms with van der Waals surface area (Å²) in [5, 5.41) is 10.6. The molecule has 2 atom stereocenters. The van der Waals surface area contributed by atoms with Crippen LogP contribution in [0.2, 0.25) is 5.02 Å². The lowest BCUT2D eigenvalue weighted by atomic mass is 9.90. The maximum atomic E-state index is 13.4. The van der Waals surface area contributed by atoms with Crippen LogP contribution in [0, 0.1) is 5.92 Å². The molecule has 9 heteroatoms. The lowest BCUT2D eigenvalue weighted by Gasteiger charge is -2.36. The number of sulfonamides is 1. The summed E-state index contributed by atoms with van der Waals surface area (Å²) in [6.07, 6.45) is 6.07. The highest BCUT2D eigenvalue weighted by Crippen LogP contribution is 2.31. The van der Waals surface area contributed by atoms with Crippen molar-refractivity contribution in [3.05, 3.63) is 77.8 Å². The summed E-state index contributed by atoms with van der Waals surface area (Å²) in [5.41, 5.74) is 2.02. The van der Waals surface area contributed by atoms with Crippen LogP contribution in [0.3, 0.4) is 0 Å². The first-order valence-electron chi connectivity index (χ1n) is 13.8. The van der Waals surface area contributed by atoms with Crippen LogP contribution in [-0.2, 0) is 14.8 Å². The van der Waals surface area contributed by atoms with Crippen LogP contribution in [0.25, 0.3) is 11.1 Å². The van der Waals surface area contributed by atoms with E-state index in [1.165, 1.54) is 31.4 Å². The Bertz CT molecular complexity index is 1390. The monoisotopic (exact) mass is 583 g/mol. The van der Waals surface area contributed by atoms with E-state index in [1.807, 2.05) is 48.5 Å². The number of aliphatic carboxylic acids is 1. The average Bonchev–Trinajstić information content (AvgIpc) is 2.97. The van der Waals surface area contributed by atoms with E-state index in [0.29, 0.717) is 35.5 Å². The lowest BCUT2D eigenvalue weighted by molar-refractivity contribution is -0.143. The SMILES string of the molecule is O=C(O)[C@@H]1C[C@H](Oc2ccc(-c3ccc(Cl)cc3)cc2)CCN1S(=O)(=O)c1ccc(OCC2CCCCC2)cc1. The van der Waals surface area contributed by atoms with Crippen LogP contribution in [-0.4, -0.2) is 49.1 Å². The van der Waals surface area contributed by atoms with Crippen molar-refractivity contribution >= 4 is 27.6 Å². The number of carbonyl (C=O) groups is 1. The smallest absolute Gasteiger partial charge is 0.322 e. The van der Waals surface area contributed by atoms with Crippen molar-refractivity contribution in [1.82, 2.24) is 4.31 Å². The number of carboxylic acid groups (broad SMARTS) is 1. The van der Waals surface area contributed by atoms with Gasteiger partial charge in [-0.25, -0.2) is 8.42 Å². The molecule has 2 fully saturated rings. The highest BCUT2D eigenvalue weighted by molar-refractivity contribution is 7.89. The second kappa shape index (κ2) is 12.6. The summed E-state index contributed by atoms with van der Waals surface area (Å²) in [6.45, 7) is 0.678. The van der Waals surface area contributed by atoms with E-state index in [0.717, 1.165) is 28.3 Å². The molecule has 1 saturated heterocycles. The molecule has 1 heterocycles. The molecule has 0 unspecified atom stereocenters. The van der Waals surface area contributed by atoms with Crippen molar-refractivity contribution in [3.8, 4) is 22.6 Å². The summed E-state index contributed by atoms with van der Waals surface area (Å²) < 4.78 is 40.0. The Labute approximate surface area is 240 Å². The average molecular weight is 584 g/mol. The van der Waals surface area contributed by atoms with Crippen LogP contribution < -0.4 is 9.47 Å². The summed E-state index contributed by atoms with van der Waals surface area (Å²) in [4.78, 5) is 12.2. The molecule has 212 valence electrons. The molecular formula is C31H34ClNO6S. The number of rotatable bonds is 9. The second-order valence-corrected chi connectivity index (χ2v) is 12.9. The molecule has 7 nitrogen and oxygen atoms in total. The molecule has 1 N–H and O–H groups in total. The van der Waals surface area contributed by atoms with E-state index in [2.05, 4.69) is 0 Å². The van der Waals surface area contributed by atoms with Crippen molar-refractivity contribution in [1.29, 1.82) is 0 Å². The third-order valence-electron chi connectivity index (χ3n) is 7.77. The largest absolute Gasteiger partial charge is 0.493 e. The normalized spacial score (nSPS) is 20.6. The first kappa shape index (κ1) is 28.5. The summed E-state index contributed by atoms with van der Waals surface area (Å²) in [5.74, 6) is 0.571. The van der Waals surface area contributed by atoms with Gasteiger partial charge in [-0.3, -0.25) is 4.79 Å². The van der Waals surface area contributed by atoms with E-state index >= 15 is 0 Å². The minimum absolute atomic E-state index is 0.0484. The van der Waals surface area contributed by atoms with Crippen LogP contribution in [0.1, 0.15) is 44.9 Å². The van der Waals surface area contributed by atoms with Crippen molar-refractivity contribution in [2.45, 2.75) is 62.0 Å². The molecule has 2 aliphatic rings. The number of benzene rings is 3. The Morgan fingerprint density at radius 3 is 2.08 bits per heavy atom. The standard InChI is InChI=1S/C31H34ClNO6S/c32-25-10-6-23(7-11-25)24-8-12-27(13-9-24)39-28-18-19-33(30(20-28)31(34)35)40(36,37)29-16-14-26(15-17-29)38-21-22-4-2-1-3-5-22/h6-17,22,28,30H,1-5,18-21H2,(H,34,35)/t28-,30+/m1/s1. The van der Waals surface area contributed by atoms with Gasteiger partial charge in [-0.2, -0.15) is 4.31 Å². The predicted octanol–water partition coefficient (Wildman–Crippen LogP) is 6.65. The molecule has 0 amide bonds. The second-order valence-electron chi connectivity index (χ2n) is 10.6. The molecule has 0 bridgehead atoms. The molecule has 0 radical (unpaired) electrons. The molecule has 1 aliphatic heterocycles. The van der Waals surface area contributed by atoms with Gasteiger partial charge in [0.05, 0.1) is 11.5 Å². The van der Waals surface area contributed by atoms with Crippen LogP contribution in [0.5, 0.6) is 11.5 Å². The van der Waals surface area contributed by atoms with Gasteiger partial charge >= 0.3 is 5.97 Å². The van der Waals surface area contributed by atoms with Crippen molar-refractivity contribution in [3.63, 3.8) is 0 Å². The maximum absolute atomic E-state index is 13.4. The third-order valence-corrected chi connectivity index (χ3v) is 9.94. The van der Waals surface area contributed by atoms with Crippen LogP contribution >= 0.6 is 11.6 Å². The van der Waals surface area contributed by atoms with Gasteiger partial charge in [0.15, 0.2) is 0 Å². The number of halogens is 1. The zero-order valence-corrected chi connectivity index (χ0v) is 23.8. The summed E-state index contributed by atoms with van der Waals surface area (Å²) in [7, 11) is -4.01. The summed E-state index contributed by atoms with van der Waals surface area (Å²) >= 11 is 5.97. The summed E-state index contributed by atoms with van der Waals surface area (Å²) in [6, 6.07) is 20.1. The van der Waals surface area contributed by atoms with Crippen LogP contribution in [0.4, 0.5) is 0 Å². The van der Waals surface area contributed by atoms with Gasteiger partial charge in [0.1, 0.15) is 23.6 Å². The molecule has 3 aromatic rings. The fourth-order valence-corrected chi connectivity index (χ4v) is 7.24. The zero-order chi connectivity index (χ0) is 28.1. The van der Waals surface area contributed by atoms with E-state index in [9.17, 15) is 18.3 Å². The Morgan fingerprint density at radius 2 is 1.45 bits per heavy atom. The molecule has 0 spiro atoms. The molecule has 1 aliphatic carbocycles. The van der Waals surface area contributed by atoms with Gasteiger partial charge in [0.2, 0.25) is 10.0 Å². The van der Waals surface area contributed by atoms with Gasteiger partial charge in [-0.15, -0.1) is 0 Å². The first-order chi connectivity index (χ1) is 19.3. The molecule has 3 aromatic carbocycles. The number of nitrogens with zero attached hydrogens (tertiary/aromatic N) is 1. The number of hydrogen-bond donors (Lipinski definition) is 1. The zero-order valence-electron chi connectivity index (χ0n) is 22.2. The van der Waals surface area contributed by atoms with Crippen LogP contribution in [0.15, 0.2) is 77.7 Å².